The van der Waals surface area contributed by atoms with E-state index in [1.54, 1.807) is 4.90 Å². The zero-order valence-electron chi connectivity index (χ0n) is 6.06. The van der Waals surface area contributed by atoms with E-state index in [2.05, 4.69) is 0 Å². The Morgan fingerprint density at radius 3 is 2.36 bits per heavy atom. The number of alkyl halides is 3. The summed E-state index contributed by atoms with van der Waals surface area (Å²) in [6, 6.07) is 0. The normalized spacial score (nSPS) is 27.8. The van der Waals surface area contributed by atoms with E-state index in [1.165, 1.54) is 0 Å². The minimum atomic E-state index is -4.04. The van der Waals surface area contributed by atoms with Gasteiger partial charge in [-0.25, -0.2) is 0 Å². The summed E-state index contributed by atoms with van der Waals surface area (Å²) in [5.74, 6) is -1.16. The van der Waals surface area contributed by atoms with E-state index in [9.17, 15) is 13.2 Å². The molecule has 1 rings (SSSR count). The van der Waals surface area contributed by atoms with Gasteiger partial charge in [0.2, 0.25) is 0 Å². The van der Waals surface area contributed by atoms with Gasteiger partial charge in [-0.2, -0.15) is 13.2 Å². The van der Waals surface area contributed by atoms with Crippen LogP contribution in [0.4, 0.5) is 13.2 Å². The van der Waals surface area contributed by atoms with Gasteiger partial charge >= 0.3 is 6.18 Å². The molecule has 1 fully saturated rings. The van der Waals surface area contributed by atoms with E-state index in [0.29, 0.717) is 6.54 Å². The first-order valence-electron chi connectivity index (χ1n) is 3.53. The molecule has 11 heavy (non-hydrogen) atoms. The molecular weight excluding hydrogens is 157 g/mol. The summed E-state index contributed by atoms with van der Waals surface area (Å²) in [5.41, 5.74) is 5.20. The molecule has 0 spiro atoms. The second-order valence-corrected chi connectivity index (χ2v) is 2.79. The van der Waals surface area contributed by atoms with Crippen molar-refractivity contribution in [1.29, 1.82) is 0 Å². The largest absolute Gasteiger partial charge is 0.393 e. The van der Waals surface area contributed by atoms with Crippen LogP contribution in [0, 0.1) is 5.92 Å². The summed E-state index contributed by atoms with van der Waals surface area (Å²) in [5, 5.41) is 0. The summed E-state index contributed by atoms with van der Waals surface area (Å²) >= 11 is 0. The third-order valence-electron chi connectivity index (χ3n) is 1.99. The van der Waals surface area contributed by atoms with Crippen molar-refractivity contribution < 1.29 is 13.2 Å². The SMILES string of the molecule is NCN1CCC(C(F)(F)F)C1. The average Bonchev–Trinajstić information content (AvgIpc) is 2.32. The average molecular weight is 168 g/mol. The van der Waals surface area contributed by atoms with Gasteiger partial charge in [0, 0.05) is 19.8 Å². The summed E-state index contributed by atoms with van der Waals surface area (Å²) in [4.78, 5) is 1.61. The lowest BCUT2D eigenvalue weighted by molar-refractivity contribution is -0.170. The first-order chi connectivity index (χ1) is 5.04. The van der Waals surface area contributed by atoms with Gasteiger partial charge in [0.25, 0.3) is 0 Å². The van der Waals surface area contributed by atoms with Crippen LogP contribution < -0.4 is 5.73 Å². The molecule has 1 saturated heterocycles. The molecule has 1 unspecified atom stereocenters. The molecule has 2 N–H and O–H groups in total. The fraction of sp³-hybridized carbons (Fsp3) is 1.00. The Labute approximate surface area is 63.2 Å². The van der Waals surface area contributed by atoms with Crippen LogP contribution >= 0.6 is 0 Å². The summed E-state index contributed by atoms with van der Waals surface area (Å²) in [6.07, 6.45) is -3.84. The van der Waals surface area contributed by atoms with Gasteiger partial charge in [-0.1, -0.05) is 0 Å². The van der Waals surface area contributed by atoms with Crippen molar-refractivity contribution in [1.82, 2.24) is 4.90 Å². The van der Waals surface area contributed by atoms with E-state index >= 15 is 0 Å². The number of nitrogens with zero attached hydrogens (tertiary/aromatic N) is 1. The first kappa shape index (κ1) is 8.80. The van der Waals surface area contributed by atoms with Crippen LogP contribution in [0.3, 0.4) is 0 Å². The van der Waals surface area contributed by atoms with Gasteiger partial charge < -0.3 is 5.73 Å². The fourth-order valence-electron chi connectivity index (χ4n) is 1.27. The molecule has 0 amide bonds. The smallest absolute Gasteiger partial charge is 0.318 e. The molecule has 0 aromatic carbocycles. The minimum absolute atomic E-state index is 0.0694. The van der Waals surface area contributed by atoms with Crippen LogP contribution in [0.1, 0.15) is 6.42 Å². The molecule has 0 bridgehead atoms. The molecule has 0 aromatic heterocycles. The van der Waals surface area contributed by atoms with Crippen LogP contribution in [-0.4, -0.2) is 30.8 Å². The monoisotopic (exact) mass is 168 g/mol. The fourth-order valence-corrected chi connectivity index (χ4v) is 1.27. The molecule has 0 aliphatic carbocycles. The van der Waals surface area contributed by atoms with Gasteiger partial charge in [0.05, 0.1) is 5.92 Å². The van der Waals surface area contributed by atoms with Crippen LogP contribution in [0.2, 0.25) is 0 Å². The van der Waals surface area contributed by atoms with Crippen molar-refractivity contribution in [3.05, 3.63) is 0 Å². The Morgan fingerprint density at radius 1 is 1.45 bits per heavy atom. The highest BCUT2D eigenvalue weighted by Crippen LogP contribution is 2.32. The minimum Gasteiger partial charge on any atom is -0.318 e. The molecule has 66 valence electrons. The molecule has 0 radical (unpaired) electrons. The Bertz CT molecular complexity index is 134. The van der Waals surface area contributed by atoms with E-state index in [0.717, 1.165) is 0 Å². The lowest BCUT2D eigenvalue weighted by atomic mass is 10.1. The lowest BCUT2D eigenvalue weighted by Crippen LogP contribution is -2.31. The second kappa shape index (κ2) is 2.98. The molecule has 2 nitrogen and oxygen atoms in total. The predicted octanol–water partition coefficient (Wildman–Crippen LogP) is 0.787. The van der Waals surface area contributed by atoms with Crippen LogP contribution in [-0.2, 0) is 0 Å². The van der Waals surface area contributed by atoms with Crippen molar-refractivity contribution in [3.8, 4) is 0 Å². The highest BCUT2D eigenvalue weighted by atomic mass is 19.4. The Kier molecular flexibility index (Phi) is 2.39. The highest BCUT2D eigenvalue weighted by Gasteiger charge is 2.43. The van der Waals surface area contributed by atoms with Gasteiger partial charge in [-0.3, -0.25) is 4.90 Å². The summed E-state index contributed by atoms with van der Waals surface area (Å²) in [7, 11) is 0. The number of hydrogen-bond acceptors (Lipinski definition) is 2. The van der Waals surface area contributed by atoms with Crippen molar-refractivity contribution >= 4 is 0 Å². The molecular formula is C6H11F3N2. The molecule has 1 aliphatic heterocycles. The van der Waals surface area contributed by atoms with E-state index < -0.39 is 12.1 Å². The van der Waals surface area contributed by atoms with Crippen molar-refractivity contribution in [2.45, 2.75) is 12.6 Å². The van der Waals surface area contributed by atoms with E-state index in [4.69, 9.17) is 5.73 Å². The quantitative estimate of drug-likeness (QED) is 0.627. The van der Waals surface area contributed by atoms with Gasteiger partial charge in [-0.15, -0.1) is 0 Å². The first-order valence-corrected chi connectivity index (χ1v) is 3.53. The Balaban J connectivity index is 2.42. The van der Waals surface area contributed by atoms with Gasteiger partial charge in [0.15, 0.2) is 0 Å². The van der Waals surface area contributed by atoms with Crippen LogP contribution in [0.15, 0.2) is 0 Å². The topological polar surface area (TPSA) is 29.3 Å². The predicted molar refractivity (Wildman–Crippen MR) is 34.8 cm³/mol. The summed E-state index contributed by atoms with van der Waals surface area (Å²) in [6.45, 7) is 0.771. The van der Waals surface area contributed by atoms with Crippen LogP contribution in [0.25, 0.3) is 0 Å². The Hall–Kier alpha value is -0.290. The Morgan fingerprint density at radius 2 is 2.09 bits per heavy atom. The maximum absolute atomic E-state index is 12.0. The standard InChI is InChI=1S/C6H11F3N2/c7-6(8,9)5-1-2-11(3-5)4-10/h5H,1-4,10H2. The molecule has 1 aliphatic rings. The number of rotatable bonds is 1. The molecule has 0 aromatic rings. The maximum atomic E-state index is 12.0. The number of nitrogens with two attached hydrogens (primary N) is 1. The van der Waals surface area contributed by atoms with Gasteiger partial charge in [-0.05, 0) is 6.42 Å². The number of hydrogen-bond donors (Lipinski definition) is 1. The zero-order chi connectivity index (χ0) is 8.48. The molecule has 5 heteroatoms. The molecule has 1 heterocycles. The number of halogens is 3. The third-order valence-corrected chi connectivity index (χ3v) is 1.99. The lowest BCUT2D eigenvalue weighted by Gasteiger charge is -2.15. The van der Waals surface area contributed by atoms with Crippen molar-refractivity contribution in [2.75, 3.05) is 19.8 Å². The second-order valence-electron chi connectivity index (χ2n) is 2.79. The van der Waals surface area contributed by atoms with Crippen LogP contribution in [0.5, 0.6) is 0 Å². The third kappa shape index (κ3) is 2.07. The molecule has 1 atom stereocenters. The van der Waals surface area contributed by atoms with E-state index in [1.807, 2.05) is 0 Å². The zero-order valence-corrected chi connectivity index (χ0v) is 6.06. The maximum Gasteiger partial charge on any atom is 0.393 e. The highest BCUT2D eigenvalue weighted by molar-refractivity contribution is 4.79. The number of likely N-dealkylation sites (tertiary alicyclic amines) is 1. The van der Waals surface area contributed by atoms with E-state index in [-0.39, 0.29) is 19.6 Å². The van der Waals surface area contributed by atoms with Crippen molar-refractivity contribution in [2.24, 2.45) is 11.7 Å². The van der Waals surface area contributed by atoms with Crippen molar-refractivity contribution in [3.63, 3.8) is 0 Å². The van der Waals surface area contributed by atoms with Gasteiger partial charge in [0.1, 0.15) is 0 Å². The molecule has 0 saturated carbocycles. The summed E-state index contributed by atoms with van der Waals surface area (Å²) < 4.78 is 36.0.